The van der Waals surface area contributed by atoms with Crippen LogP contribution in [-0.4, -0.2) is 29.3 Å². The van der Waals surface area contributed by atoms with Crippen molar-refractivity contribution in [3.63, 3.8) is 0 Å². The van der Waals surface area contributed by atoms with Gasteiger partial charge in [0.25, 0.3) is 0 Å². The molecule has 1 aromatic heterocycles. The van der Waals surface area contributed by atoms with Crippen LogP contribution in [0.4, 0.5) is 0 Å². The van der Waals surface area contributed by atoms with Gasteiger partial charge >= 0.3 is 7.69 Å². The lowest BCUT2D eigenvalue weighted by atomic mass is 10.3. The lowest BCUT2D eigenvalue weighted by molar-refractivity contribution is 0.0964. The second-order valence-electron chi connectivity index (χ2n) is 2.39. The van der Waals surface area contributed by atoms with Crippen LogP contribution < -0.4 is 0 Å². The van der Waals surface area contributed by atoms with E-state index in [1.807, 2.05) is 0 Å². The molecule has 2 N–H and O–H groups in total. The molecule has 0 aliphatic heterocycles. The van der Waals surface area contributed by atoms with Crippen LogP contribution in [-0.2, 0) is 0 Å². The number of carbonyl (C=O) groups excluding carboxylic acids is 2. The average Bonchev–Trinajstić information content (AvgIpc) is 2.53. The topological polar surface area (TPSA) is 87.7 Å². The molecular formula is C9H14BO5. The van der Waals surface area contributed by atoms with Crippen LogP contribution in [0.1, 0.15) is 42.4 Å². The van der Waals surface area contributed by atoms with Gasteiger partial charge in [-0.05, 0) is 12.1 Å². The highest BCUT2D eigenvalue weighted by atomic mass is 16.4. The van der Waals surface area contributed by atoms with Crippen molar-refractivity contribution in [2.45, 2.75) is 21.3 Å². The van der Waals surface area contributed by atoms with Gasteiger partial charge in [0, 0.05) is 13.8 Å². The molecule has 6 heteroatoms. The van der Waals surface area contributed by atoms with E-state index in [9.17, 15) is 9.59 Å². The van der Waals surface area contributed by atoms with Crippen LogP contribution in [0.2, 0.25) is 0 Å². The van der Waals surface area contributed by atoms with Crippen LogP contribution in [0.3, 0.4) is 0 Å². The Balaban J connectivity index is 0. The number of ketones is 2. The van der Waals surface area contributed by atoms with Crippen LogP contribution in [0.15, 0.2) is 16.5 Å². The monoisotopic (exact) mass is 213 g/mol. The number of Topliss-reactive ketones (excluding diaryl/α,β-unsaturated/α-hetero) is 2. The Labute approximate surface area is 89.0 Å². The Morgan fingerprint density at radius 1 is 1.13 bits per heavy atom. The molecule has 1 aromatic rings. The van der Waals surface area contributed by atoms with Crippen molar-refractivity contribution < 1.29 is 24.1 Å². The van der Waals surface area contributed by atoms with Crippen LogP contribution in [0.25, 0.3) is 0 Å². The molecule has 0 saturated heterocycles. The van der Waals surface area contributed by atoms with E-state index in [1.54, 1.807) is 0 Å². The molecule has 0 atom stereocenters. The number of carbonyl (C=O) groups is 2. The highest BCUT2D eigenvalue weighted by Gasteiger charge is 2.08. The van der Waals surface area contributed by atoms with Crippen molar-refractivity contribution in [1.82, 2.24) is 0 Å². The third-order valence-corrected chi connectivity index (χ3v) is 1.30. The van der Waals surface area contributed by atoms with E-state index in [0.717, 1.165) is 0 Å². The third kappa shape index (κ3) is 5.82. The maximum atomic E-state index is 10.7. The standard InChI is InChI=1S/C8H8O3.CH4.BH2O2/c1-5(9)7-3-4-8(11-7)6(2)10;;2-1-3/h3-4H,1-2H3;1H4;2-3H. The fourth-order valence-electron chi connectivity index (χ4n) is 0.716. The summed E-state index contributed by atoms with van der Waals surface area (Å²) in [7, 11) is 0. The molecule has 0 amide bonds. The minimum Gasteiger partial charge on any atom is -0.450 e. The predicted molar refractivity (Wildman–Crippen MR) is 55.6 cm³/mol. The Bertz CT molecular complexity index is 290. The molecule has 1 radical (unpaired) electrons. The molecule has 0 fully saturated rings. The van der Waals surface area contributed by atoms with Gasteiger partial charge in [0.15, 0.2) is 23.1 Å². The maximum absolute atomic E-state index is 10.7. The zero-order valence-corrected chi connectivity index (χ0v) is 7.85. The van der Waals surface area contributed by atoms with E-state index in [0.29, 0.717) is 0 Å². The summed E-state index contributed by atoms with van der Waals surface area (Å²) in [5.74, 6) is 0.125. The van der Waals surface area contributed by atoms with Gasteiger partial charge < -0.3 is 14.5 Å². The first-order chi connectivity index (χ1) is 6.52. The zero-order chi connectivity index (χ0) is 11.1. The molecule has 0 aliphatic carbocycles. The van der Waals surface area contributed by atoms with Crippen molar-refractivity contribution in [1.29, 1.82) is 0 Å². The molecule has 0 aliphatic rings. The molecule has 1 heterocycles. The molecule has 5 nitrogen and oxygen atoms in total. The second-order valence-corrected chi connectivity index (χ2v) is 2.39. The van der Waals surface area contributed by atoms with Crippen LogP contribution in [0.5, 0.6) is 0 Å². The fraction of sp³-hybridized carbons (Fsp3) is 0.333. The first-order valence-electron chi connectivity index (χ1n) is 3.74. The number of hydrogen-bond acceptors (Lipinski definition) is 5. The van der Waals surface area contributed by atoms with Gasteiger partial charge in [-0.15, -0.1) is 0 Å². The van der Waals surface area contributed by atoms with Crippen molar-refractivity contribution >= 4 is 19.3 Å². The van der Waals surface area contributed by atoms with E-state index in [2.05, 4.69) is 0 Å². The Morgan fingerprint density at radius 2 is 1.40 bits per heavy atom. The molecular weight excluding hydrogens is 199 g/mol. The predicted octanol–water partition coefficient (Wildman–Crippen LogP) is 0.826. The quantitative estimate of drug-likeness (QED) is 0.560. The summed E-state index contributed by atoms with van der Waals surface area (Å²) in [4.78, 5) is 21.4. The number of hydrogen-bond donors (Lipinski definition) is 2. The second kappa shape index (κ2) is 7.96. The molecule has 0 bridgehead atoms. The lowest BCUT2D eigenvalue weighted by Crippen LogP contribution is -1.89. The van der Waals surface area contributed by atoms with E-state index < -0.39 is 0 Å². The van der Waals surface area contributed by atoms with Crippen LogP contribution >= 0.6 is 0 Å². The van der Waals surface area contributed by atoms with Gasteiger partial charge in [-0.3, -0.25) is 9.59 Å². The molecule has 0 unspecified atom stereocenters. The molecule has 0 spiro atoms. The molecule has 15 heavy (non-hydrogen) atoms. The SMILES string of the molecule is C.CC(=O)c1ccc(C(C)=O)o1.O[B]O. The van der Waals surface area contributed by atoms with E-state index in [1.165, 1.54) is 26.0 Å². The fourth-order valence-corrected chi connectivity index (χ4v) is 0.716. The molecule has 0 saturated carbocycles. The van der Waals surface area contributed by atoms with Gasteiger partial charge in [0.2, 0.25) is 0 Å². The average molecular weight is 213 g/mol. The van der Waals surface area contributed by atoms with Crippen molar-refractivity contribution in [2.75, 3.05) is 0 Å². The maximum Gasteiger partial charge on any atom is 0.482 e. The van der Waals surface area contributed by atoms with E-state index in [4.69, 9.17) is 14.5 Å². The van der Waals surface area contributed by atoms with Gasteiger partial charge in [-0.2, -0.15) is 0 Å². The van der Waals surface area contributed by atoms with Crippen molar-refractivity contribution in [2.24, 2.45) is 0 Å². The zero-order valence-electron chi connectivity index (χ0n) is 7.85. The minimum absolute atomic E-state index is 0. The molecule has 1 rings (SSSR count). The summed E-state index contributed by atoms with van der Waals surface area (Å²) >= 11 is 0. The van der Waals surface area contributed by atoms with Gasteiger partial charge in [-0.1, -0.05) is 7.43 Å². The highest BCUT2D eigenvalue weighted by molar-refractivity contribution is 6.13. The molecule has 83 valence electrons. The summed E-state index contributed by atoms with van der Waals surface area (Å²) in [5, 5.41) is 14.0. The minimum atomic E-state index is -0.169. The summed E-state index contributed by atoms with van der Waals surface area (Å²) < 4.78 is 4.91. The summed E-state index contributed by atoms with van der Waals surface area (Å²) in [6.45, 7) is 2.78. The van der Waals surface area contributed by atoms with Gasteiger partial charge in [0.05, 0.1) is 0 Å². The van der Waals surface area contributed by atoms with Crippen molar-refractivity contribution in [3.05, 3.63) is 23.7 Å². The molecule has 0 aromatic carbocycles. The Hall–Kier alpha value is -1.40. The number of furan rings is 1. The van der Waals surface area contributed by atoms with Gasteiger partial charge in [0.1, 0.15) is 0 Å². The van der Waals surface area contributed by atoms with Crippen molar-refractivity contribution in [3.8, 4) is 0 Å². The number of rotatable bonds is 2. The van der Waals surface area contributed by atoms with Crippen LogP contribution in [0, 0.1) is 0 Å². The highest BCUT2D eigenvalue weighted by Crippen LogP contribution is 2.08. The normalized spacial score (nSPS) is 8.00. The first kappa shape index (κ1) is 16.1. The summed E-state index contributed by atoms with van der Waals surface area (Å²) in [5.41, 5.74) is 0. The first-order valence-corrected chi connectivity index (χ1v) is 3.74. The largest absolute Gasteiger partial charge is 0.482 e. The smallest absolute Gasteiger partial charge is 0.450 e. The summed E-state index contributed by atoms with van der Waals surface area (Å²) in [6.07, 6.45) is 0. The third-order valence-electron chi connectivity index (χ3n) is 1.30. The van der Waals surface area contributed by atoms with E-state index >= 15 is 0 Å². The summed E-state index contributed by atoms with van der Waals surface area (Å²) in [6, 6.07) is 3.00. The Morgan fingerprint density at radius 3 is 1.53 bits per heavy atom. The lowest BCUT2D eigenvalue weighted by Gasteiger charge is -1.86. The van der Waals surface area contributed by atoms with E-state index in [-0.39, 0.29) is 38.2 Å². The van der Waals surface area contributed by atoms with Gasteiger partial charge in [-0.25, -0.2) is 0 Å². The Kier molecular flexibility index (Phi) is 8.52.